The van der Waals surface area contributed by atoms with Crippen LogP contribution in [0.15, 0.2) is 18.2 Å². The molecule has 0 radical (unpaired) electrons. The number of benzene rings is 1. The summed E-state index contributed by atoms with van der Waals surface area (Å²) >= 11 is 0. The Morgan fingerprint density at radius 3 is 2.82 bits per heavy atom. The SMILES string of the molecule is Cc1ccc(C2CC(C(=O)N3CCOC(CN(C)CC(=O)O)C3)NN2)c(C)c1. The lowest BCUT2D eigenvalue weighted by Crippen LogP contribution is -2.54. The van der Waals surface area contributed by atoms with Gasteiger partial charge in [0.05, 0.1) is 19.3 Å². The number of carbonyl (C=O) groups is 2. The number of carboxylic acids is 1. The second-order valence-electron chi connectivity index (χ2n) is 7.86. The first-order valence-corrected chi connectivity index (χ1v) is 9.72. The van der Waals surface area contributed by atoms with Crippen molar-refractivity contribution in [2.24, 2.45) is 0 Å². The van der Waals surface area contributed by atoms with E-state index in [0.29, 0.717) is 32.7 Å². The molecule has 0 aromatic heterocycles. The van der Waals surface area contributed by atoms with Crippen molar-refractivity contribution in [2.75, 3.05) is 39.8 Å². The van der Waals surface area contributed by atoms with Crippen molar-refractivity contribution in [2.45, 2.75) is 38.5 Å². The smallest absolute Gasteiger partial charge is 0.317 e. The van der Waals surface area contributed by atoms with Crippen LogP contribution in [-0.4, -0.2) is 78.8 Å². The maximum absolute atomic E-state index is 13.0. The molecule has 3 N–H and O–H groups in total. The van der Waals surface area contributed by atoms with Gasteiger partial charge in [0.2, 0.25) is 5.91 Å². The predicted molar refractivity (Wildman–Crippen MR) is 105 cm³/mol. The number of nitrogens with one attached hydrogen (secondary N) is 2. The van der Waals surface area contributed by atoms with E-state index in [0.717, 1.165) is 0 Å². The van der Waals surface area contributed by atoms with E-state index in [1.807, 2.05) is 4.90 Å². The molecule has 3 rings (SSSR count). The molecule has 0 bridgehead atoms. The largest absolute Gasteiger partial charge is 0.480 e. The summed E-state index contributed by atoms with van der Waals surface area (Å²) in [4.78, 5) is 27.3. The number of rotatable bonds is 6. The maximum Gasteiger partial charge on any atom is 0.317 e. The zero-order chi connectivity index (χ0) is 20.3. The number of hydrogen-bond acceptors (Lipinski definition) is 6. The molecule has 3 atom stereocenters. The number of aryl methyl sites for hydroxylation is 2. The van der Waals surface area contributed by atoms with Gasteiger partial charge in [-0.25, -0.2) is 10.9 Å². The minimum absolute atomic E-state index is 0.0422. The highest BCUT2D eigenvalue weighted by Gasteiger charge is 2.35. The van der Waals surface area contributed by atoms with Gasteiger partial charge in [0, 0.05) is 25.7 Å². The molecule has 0 spiro atoms. The molecule has 2 saturated heterocycles. The van der Waals surface area contributed by atoms with Crippen LogP contribution in [0.25, 0.3) is 0 Å². The number of morpholine rings is 1. The van der Waals surface area contributed by atoms with Gasteiger partial charge in [-0.05, 0) is 38.4 Å². The van der Waals surface area contributed by atoms with Crippen LogP contribution in [0.3, 0.4) is 0 Å². The average Bonchev–Trinajstić information content (AvgIpc) is 3.10. The number of amides is 1. The topological polar surface area (TPSA) is 94.1 Å². The number of nitrogens with zero attached hydrogens (tertiary/aromatic N) is 2. The fourth-order valence-corrected chi connectivity index (χ4v) is 4.03. The summed E-state index contributed by atoms with van der Waals surface area (Å²) in [5, 5.41) is 8.89. The number of hydrazine groups is 1. The van der Waals surface area contributed by atoms with Gasteiger partial charge >= 0.3 is 5.97 Å². The first kappa shape index (κ1) is 20.7. The zero-order valence-electron chi connectivity index (χ0n) is 16.8. The van der Waals surface area contributed by atoms with Gasteiger partial charge in [-0.1, -0.05) is 23.8 Å². The van der Waals surface area contributed by atoms with E-state index in [2.05, 4.69) is 42.9 Å². The summed E-state index contributed by atoms with van der Waals surface area (Å²) < 4.78 is 5.73. The Bertz CT molecular complexity index is 726. The van der Waals surface area contributed by atoms with E-state index in [4.69, 9.17) is 9.84 Å². The van der Waals surface area contributed by atoms with Gasteiger partial charge in [0.1, 0.15) is 6.04 Å². The Morgan fingerprint density at radius 1 is 1.32 bits per heavy atom. The molecule has 28 heavy (non-hydrogen) atoms. The van der Waals surface area contributed by atoms with E-state index in [-0.39, 0.29) is 30.6 Å². The van der Waals surface area contributed by atoms with Crippen molar-refractivity contribution < 1.29 is 19.4 Å². The molecule has 8 heteroatoms. The summed E-state index contributed by atoms with van der Waals surface area (Å²) in [5.74, 6) is -0.807. The maximum atomic E-state index is 13.0. The lowest BCUT2D eigenvalue weighted by Gasteiger charge is -2.35. The lowest BCUT2D eigenvalue weighted by atomic mass is 9.96. The highest BCUT2D eigenvalue weighted by atomic mass is 16.5. The Balaban J connectivity index is 1.56. The second kappa shape index (κ2) is 9.00. The third-order valence-electron chi connectivity index (χ3n) is 5.37. The molecule has 8 nitrogen and oxygen atoms in total. The Morgan fingerprint density at radius 2 is 2.11 bits per heavy atom. The molecular formula is C20H30N4O4. The molecule has 1 amide bonds. The van der Waals surface area contributed by atoms with Crippen LogP contribution < -0.4 is 10.9 Å². The molecule has 154 valence electrons. The van der Waals surface area contributed by atoms with Crippen molar-refractivity contribution in [3.63, 3.8) is 0 Å². The highest BCUT2D eigenvalue weighted by Crippen LogP contribution is 2.26. The molecule has 2 heterocycles. The first-order valence-electron chi connectivity index (χ1n) is 9.72. The zero-order valence-corrected chi connectivity index (χ0v) is 16.8. The van der Waals surface area contributed by atoms with E-state index in [1.54, 1.807) is 11.9 Å². The van der Waals surface area contributed by atoms with Gasteiger partial charge < -0.3 is 14.7 Å². The van der Waals surface area contributed by atoms with Gasteiger partial charge in [0.15, 0.2) is 0 Å². The third kappa shape index (κ3) is 5.08. The summed E-state index contributed by atoms with van der Waals surface area (Å²) in [6.07, 6.45) is 0.524. The fourth-order valence-electron chi connectivity index (χ4n) is 4.03. The molecular weight excluding hydrogens is 360 g/mol. The Kier molecular flexibility index (Phi) is 6.66. The first-order chi connectivity index (χ1) is 13.3. The van der Waals surface area contributed by atoms with E-state index in [9.17, 15) is 9.59 Å². The quantitative estimate of drug-likeness (QED) is 0.649. The number of hydrogen-bond donors (Lipinski definition) is 3. The standard InChI is InChI=1S/C20H30N4O4/c1-13-4-5-16(14(2)8-13)17-9-18(22-21-17)20(27)24-6-7-28-15(11-24)10-23(3)12-19(25)26/h4-5,8,15,17-18,21-22H,6-7,9-12H2,1-3H3,(H,25,26). The number of carboxylic acid groups (broad SMARTS) is 1. The normalized spacial score (nSPS) is 25.3. The summed E-state index contributed by atoms with van der Waals surface area (Å²) in [5.41, 5.74) is 10.1. The molecule has 2 aliphatic heterocycles. The highest BCUT2D eigenvalue weighted by molar-refractivity contribution is 5.82. The molecule has 1 aromatic carbocycles. The molecule has 1 aromatic rings. The van der Waals surface area contributed by atoms with Crippen LogP contribution in [0.1, 0.15) is 29.2 Å². The fraction of sp³-hybridized carbons (Fsp3) is 0.600. The monoisotopic (exact) mass is 390 g/mol. The van der Waals surface area contributed by atoms with Crippen LogP contribution in [0.5, 0.6) is 0 Å². The Labute approximate surface area is 165 Å². The van der Waals surface area contributed by atoms with Gasteiger partial charge in [-0.15, -0.1) is 0 Å². The number of ether oxygens (including phenoxy) is 1. The average molecular weight is 390 g/mol. The molecule has 0 saturated carbocycles. The lowest BCUT2D eigenvalue weighted by molar-refractivity contribution is -0.143. The van der Waals surface area contributed by atoms with Crippen molar-refractivity contribution in [3.05, 3.63) is 34.9 Å². The van der Waals surface area contributed by atoms with Gasteiger partial charge in [-0.2, -0.15) is 0 Å². The van der Waals surface area contributed by atoms with E-state index in [1.165, 1.54) is 16.7 Å². The van der Waals surface area contributed by atoms with Gasteiger partial charge in [-0.3, -0.25) is 14.5 Å². The van der Waals surface area contributed by atoms with Crippen LogP contribution in [-0.2, 0) is 14.3 Å². The van der Waals surface area contributed by atoms with Crippen molar-refractivity contribution >= 4 is 11.9 Å². The molecule has 3 unspecified atom stereocenters. The summed E-state index contributed by atoms with van der Waals surface area (Å²) in [6.45, 7) is 6.13. The number of aliphatic carboxylic acids is 1. The van der Waals surface area contributed by atoms with Crippen LogP contribution >= 0.6 is 0 Å². The van der Waals surface area contributed by atoms with Crippen LogP contribution in [0.2, 0.25) is 0 Å². The molecule has 2 aliphatic rings. The predicted octanol–water partition coefficient (Wildman–Crippen LogP) is 0.455. The van der Waals surface area contributed by atoms with Gasteiger partial charge in [0.25, 0.3) is 0 Å². The van der Waals surface area contributed by atoms with E-state index < -0.39 is 5.97 Å². The number of likely N-dealkylation sites (N-methyl/N-ethyl adjacent to an activating group) is 1. The van der Waals surface area contributed by atoms with Crippen molar-refractivity contribution in [3.8, 4) is 0 Å². The van der Waals surface area contributed by atoms with Crippen LogP contribution in [0, 0.1) is 13.8 Å². The molecule has 0 aliphatic carbocycles. The van der Waals surface area contributed by atoms with Crippen LogP contribution in [0.4, 0.5) is 0 Å². The number of carbonyl (C=O) groups excluding carboxylic acids is 1. The molecule has 2 fully saturated rings. The minimum Gasteiger partial charge on any atom is -0.480 e. The van der Waals surface area contributed by atoms with Crippen molar-refractivity contribution in [1.82, 2.24) is 20.7 Å². The second-order valence-corrected chi connectivity index (χ2v) is 7.86. The third-order valence-corrected chi connectivity index (χ3v) is 5.37. The van der Waals surface area contributed by atoms with Crippen molar-refractivity contribution in [1.29, 1.82) is 0 Å². The summed E-state index contributed by atoms with van der Waals surface area (Å²) in [6, 6.07) is 6.21. The minimum atomic E-state index is -0.870. The van der Waals surface area contributed by atoms with E-state index >= 15 is 0 Å². The summed E-state index contributed by atoms with van der Waals surface area (Å²) in [7, 11) is 1.75. The Hall–Kier alpha value is -2.00.